The summed E-state index contributed by atoms with van der Waals surface area (Å²) in [5.74, 6) is 0.358. The lowest BCUT2D eigenvalue weighted by Crippen LogP contribution is -2.38. The molecule has 1 aromatic heterocycles. The van der Waals surface area contributed by atoms with E-state index in [1.807, 2.05) is 59.6 Å². The van der Waals surface area contributed by atoms with E-state index in [0.717, 1.165) is 42.3 Å². The fraction of sp³-hybridized carbons (Fsp3) is 0.360. The molecule has 1 aliphatic carbocycles. The van der Waals surface area contributed by atoms with Gasteiger partial charge in [0.15, 0.2) is 0 Å². The van der Waals surface area contributed by atoms with Gasteiger partial charge in [0, 0.05) is 17.6 Å². The number of nitrogens with zero attached hydrogens (tertiary/aromatic N) is 4. The molecule has 0 spiro atoms. The first-order chi connectivity index (χ1) is 17.0. The molecular weight excluding hydrogens is 453 g/mol. The summed E-state index contributed by atoms with van der Waals surface area (Å²) in [4.78, 5) is 27.3. The maximum absolute atomic E-state index is 13.3. The van der Waals surface area contributed by atoms with Crippen molar-refractivity contribution in [1.29, 1.82) is 0 Å². The number of aromatic nitrogens is 2. The number of rotatable bonds is 9. The number of halogens is 1. The van der Waals surface area contributed by atoms with Gasteiger partial charge < -0.3 is 9.47 Å². The number of hydrogen-bond donors (Lipinski definition) is 1. The van der Waals surface area contributed by atoms with Gasteiger partial charge in [-0.2, -0.15) is 4.39 Å². The number of hydrogen-bond acceptors (Lipinski definition) is 5. The second kappa shape index (κ2) is 13.1. The lowest BCUT2D eigenvalue weighted by atomic mass is 9.78. The summed E-state index contributed by atoms with van der Waals surface area (Å²) in [5.41, 5.74) is 8.69. The molecule has 1 aliphatic rings. The van der Waals surface area contributed by atoms with Crippen LogP contribution in [-0.4, -0.2) is 23.3 Å². The van der Waals surface area contributed by atoms with Gasteiger partial charge in [-0.15, -0.1) is 0 Å². The molecule has 4 rings (SSSR count). The fourth-order valence-corrected chi connectivity index (χ4v) is 3.75. The average molecular weight is 482 g/mol. The lowest BCUT2D eigenvalue weighted by Gasteiger charge is -2.36. The molecule has 0 amide bonds. The maximum Gasteiger partial charge on any atom is 0.328 e. The Kier molecular flexibility index (Phi) is 9.65. The Morgan fingerprint density at radius 1 is 1.11 bits per heavy atom. The van der Waals surface area contributed by atoms with Crippen molar-refractivity contribution >= 4 is 0 Å². The van der Waals surface area contributed by atoms with Crippen LogP contribution in [0.2, 0.25) is 0 Å². The minimum atomic E-state index is -0.962. The smallest absolute Gasteiger partial charge is 0.328 e. The molecule has 0 radical (unpaired) electrons. The molecule has 0 saturated heterocycles. The number of methoxy groups -OCH3 is 1. The normalized spacial score (nSPS) is 16.3. The van der Waals surface area contributed by atoms with Gasteiger partial charge >= 0.3 is 5.69 Å². The van der Waals surface area contributed by atoms with Crippen molar-refractivity contribution < 1.29 is 13.9 Å². The molecule has 3 aromatic rings. The van der Waals surface area contributed by atoms with Gasteiger partial charge in [-0.05, 0) is 54.0 Å². The summed E-state index contributed by atoms with van der Waals surface area (Å²) in [5, 5.41) is 3.44. The van der Waals surface area contributed by atoms with Crippen LogP contribution in [0.25, 0.3) is 10.4 Å². The van der Waals surface area contributed by atoms with Gasteiger partial charge in [0.1, 0.15) is 5.75 Å². The van der Waals surface area contributed by atoms with E-state index < -0.39 is 17.1 Å². The summed E-state index contributed by atoms with van der Waals surface area (Å²) in [6.07, 6.45) is 3.54. The van der Waals surface area contributed by atoms with Crippen LogP contribution in [0.4, 0.5) is 4.39 Å². The summed E-state index contributed by atoms with van der Waals surface area (Å²) in [6, 6.07) is 17.4. The van der Waals surface area contributed by atoms with E-state index in [1.54, 1.807) is 7.11 Å². The molecule has 1 N–H and O–H groups in total. The van der Waals surface area contributed by atoms with Crippen molar-refractivity contribution in [3.05, 3.63) is 109 Å². The zero-order chi connectivity index (χ0) is 25.0. The minimum absolute atomic E-state index is 0.0343. The third kappa shape index (κ3) is 7.84. The van der Waals surface area contributed by atoms with Gasteiger partial charge in [-0.1, -0.05) is 47.6 Å². The summed E-state index contributed by atoms with van der Waals surface area (Å²) in [6.45, 7) is 1.66. The predicted octanol–water partition coefficient (Wildman–Crippen LogP) is 4.74. The third-order valence-electron chi connectivity index (χ3n) is 5.79. The van der Waals surface area contributed by atoms with Gasteiger partial charge in [0.05, 0.1) is 26.5 Å². The Labute approximate surface area is 201 Å². The van der Waals surface area contributed by atoms with Crippen molar-refractivity contribution in [3.63, 3.8) is 0 Å². The topological polar surface area (TPSA) is 122 Å². The Morgan fingerprint density at radius 3 is 2.49 bits per heavy atom. The number of aromatic amines is 1. The van der Waals surface area contributed by atoms with E-state index in [1.165, 1.54) is 4.57 Å². The number of azide groups is 1. The minimum Gasteiger partial charge on any atom is -0.497 e. The monoisotopic (exact) mass is 481 g/mol. The standard InChI is InChI=1S/C17H19FN2O3.C8H9N3O/c18-15-10-20(17(22)19-16(15)21)14-8-13(9-14)6-7-23-11-12-4-2-1-3-5-12;1-12-8-4-2-7(3-5-8)6-10-11-9/h1-5,10,13-14H,6-9,11H2,(H,19,21,22);2-5H,6H2,1H3. The van der Waals surface area contributed by atoms with E-state index in [0.29, 0.717) is 25.7 Å². The van der Waals surface area contributed by atoms with Gasteiger partial charge in [-0.25, -0.2) is 4.79 Å². The van der Waals surface area contributed by atoms with Crippen LogP contribution in [0.1, 0.15) is 36.4 Å². The highest BCUT2D eigenvalue weighted by atomic mass is 19.1. The molecule has 0 atom stereocenters. The molecule has 10 heteroatoms. The molecule has 1 saturated carbocycles. The molecule has 35 heavy (non-hydrogen) atoms. The number of H-pyrrole nitrogens is 1. The van der Waals surface area contributed by atoms with Crippen molar-refractivity contribution in [3.8, 4) is 5.75 Å². The summed E-state index contributed by atoms with van der Waals surface area (Å²) in [7, 11) is 1.61. The predicted molar refractivity (Wildman–Crippen MR) is 130 cm³/mol. The second-order valence-electron chi connectivity index (χ2n) is 8.20. The van der Waals surface area contributed by atoms with Crippen LogP contribution < -0.4 is 16.0 Å². The van der Waals surface area contributed by atoms with Crippen LogP contribution >= 0.6 is 0 Å². The molecule has 0 unspecified atom stereocenters. The third-order valence-corrected chi connectivity index (χ3v) is 5.79. The van der Waals surface area contributed by atoms with E-state index in [9.17, 15) is 14.0 Å². The first kappa shape index (κ1) is 25.7. The molecular formula is C25H28FN5O4. The zero-order valence-corrected chi connectivity index (χ0v) is 19.5. The second-order valence-corrected chi connectivity index (χ2v) is 8.20. The molecule has 1 heterocycles. The Bertz CT molecular complexity index is 1230. The lowest BCUT2D eigenvalue weighted by molar-refractivity contribution is 0.0794. The number of nitrogens with one attached hydrogen (secondary N) is 1. The number of benzene rings is 2. The van der Waals surface area contributed by atoms with Crippen LogP contribution in [0, 0.1) is 11.7 Å². The van der Waals surface area contributed by atoms with Crippen molar-refractivity contribution in [2.75, 3.05) is 13.7 Å². The number of ether oxygens (including phenoxy) is 2. The van der Waals surface area contributed by atoms with Crippen LogP contribution in [0.5, 0.6) is 5.75 Å². The van der Waals surface area contributed by atoms with Crippen LogP contribution in [-0.2, 0) is 17.9 Å². The average Bonchev–Trinajstić information content (AvgIpc) is 2.85. The SMILES string of the molecule is COc1ccc(CN=[N+]=[N-])cc1.O=c1[nH]c(=O)n(C2CC(CCOCc3ccccc3)C2)cc1F. The quantitative estimate of drug-likeness (QED) is 0.205. The van der Waals surface area contributed by atoms with Crippen LogP contribution in [0.3, 0.4) is 0 Å². The van der Waals surface area contributed by atoms with E-state index in [2.05, 4.69) is 10.0 Å². The van der Waals surface area contributed by atoms with E-state index >= 15 is 0 Å². The van der Waals surface area contributed by atoms with Gasteiger partial charge in [0.25, 0.3) is 5.56 Å². The molecule has 1 fully saturated rings. The first-order valence-corrected chi connectivity index (χ1v) is 11.3. The van der Waals surface area contributed by atoms with Gasteiger partial charge in [0.2, 0.25) is 5.82 Å². The molecule has 2 aromatic carbocycles. The van der Waals surface area contributed by atoms with E-state index in [4.69, 9.17) is 15.0 Å². The highest BCUT2D eigenvalue weighted by molar-refractivity contribution is 5.27. The highest BCUT2D eigenvalue weighted by Gasteiger charge is 2.31. The molecule has 0 aliphatic heterocycles. The Balaban J connectivity index is 0.000000241. The summed E-state index contributed by atoms with van der Waals surface area (Å²) < 4.78 is 25.2. The van der Waals surface area contributed by atoms with Crippen LogP contribution in [0.15, 0.2) is 75.5 Å². The fourth-order valence-electron chi connectivity index (χ4n) is 3.75. The largest absolute Gasteiger partial charge is 0.497 e. The first-order valence-electron chi connectivity index (χ1n) is 11.3. The molecule has 184 valence electrons. The van der Waals surface area contributed by atoms with E-state index in [-0.39, 0.29) is 6.04 Å². The van der Waals surface area contributed by atoms with Crippen molar-refractivity contribution in [2.45, 2.75) is 38.5 Å². The maximum atomic E-state index is 13.3. The van der Waals surface area contributed by atoms with Crippen molar-refractivity contribution in [2.24, 2.45) is 11.0 Å². The van der Waals surface area contributed by atoms with Crippen molar-refractivity contribution in [1.82, 2.24) is 9.55 Å². The Morgan fingerprint density at radius 2 is 1.83 bits per heavy atom. The Hall–Kier alpha value is -3.88. The highest BCUT2D eigenvalue weighted by Crippen LogP contribution is 2.38. The molecule has 0 bridgehead atoms. The van der Waals surface area contributed by atoms with Gasteiger partial charge in [-0.3, -0.25) is 14.3 Å². The molecule has 9 nitrogen and oxygen atoms in total. The summed E-state index contributed by atoms with van der Waals surface area (Å²) >= 11 is 0. The zero-order valence-electron chi connectivity index (χ0n) is 19.5.